The molecule has 1 aliphatic carbocycles. The van der Waals surface area contributed by atoms with Crippen molar-refractivity contribution in [1.82, 2.24) is 0 Å². The summed E-state index contributed by atoms with van der Waals surface area (Å²) in [6, 6.07) is 6.39. The number of carbonyl (C=O) groups is 1. The third-order valence-electron chi connectivity index (χ3n) is 2.87. The first-order valence-electron chi connectivity index (χ1n) is 6.12. The molecule has 19 heavy (non-hydrogen) atoms. The van der Waals surface area contributed by atoms with Crippen LogP contribution in [0.2, 0.25) is 0 Å². The number of allylic oxidation sites excluding steroid dienone is 2. The van der Waals surface area contributed by atoms with E-state index in [1.54, 1.807) is 18.2 Å². The number of fused-ring (bicyclic) bond motifs is 1. The Bertz CT molecular complexity index is 551. The second-order valence-electron chi connectivity index (χ2n) is 3.78. The maximum Gasteiger partial charge on any atom is 0.218 e. The van der Waals surface area contributed by atoms with E-state index in [2.05, 4.69) is 13.2 Å². The number of ketones is 1. The summed E-state index contributed by atoms with van der Waals surface area (Å²) in [6.45, 7) is 11.0. The van der Waals surface area contributed by atoms with Gasteiger partial charge in [-0.05, 0) is 0 Å². The zero-order valence-corrected chi connectivity index (χ0v) is 11.2. The monoisotopic (exact) mass is 258 g/mol. The van der Waals surface area contributed by atoms with Crippen LogP contribution in [0.3, 0.4) is 0 Å². The summed E-state index contributed by atoms with van der Waals surface area (Å²) in [5.74, 6) is -2.47. The van der Waals surface area contributed by atoms with Gasteiger partial charge in [0.05, 0.1) is 0 Å². The fourth-order valence-corrected chi connectivity index (χ4v) is 2.04. The maximum absolute atomic E-state index is 12.1. The van der Waals surface area contributed by atoms with Crippen LogP contribution in [0.4, 0.5) is 0 Å². The van der Waals surface area contributed by atoms with Crippen molar-refractivity contribution in [3.63, 3.8) is 0 Å². The van der Waals surface area contributed by atoms with Crippen molar-refractivity contribution >= 4 is 5.78 Å². The van der Waals surface area contributed by atoms with Crippen LogP contribution in [0.25, 0.3) is 0 Å². The first kappa shape index (κ1) is 15.1. The van der Waals surface area contributed by atoms with E-state index >= 15 is 0 Å². The molecule has 0 heterocycles. The smallest absolute Gasteiger partial charge is 0.218 e. The van der Waals surface area contributed by atoms with Crippen LogP contribution in [-0.2, 0) is 5.79 Å². The lowest BCUT2D eigenvalue weighted by Crippen LogP contribution is -2.35. The first-order chi connectivity index (χ1) is 9.04. The molecule has 3 nitrogen and oxygen atoms in total. The zero-order valence-electron chi connectivity index (χ0n) is 11.2. The molecule has 0 bridgehead atoms. The van der Waals surface area contributed by atoms with Crippen LogP contribution in [0, 0.1) is 0 Å². The van der Waals surface area contributed by atoms with Crippen LogP contribution in [-0.4, -0.2) is 16.0 Å². The topological polar surface area (TPSA) is 57.5 Å². The van der Waals surface area contributed by atoms with Crippen LogP contribution >= 0.6 is 0 Å². The fourth-order valence-electron chi connectivity index (χ4n) is 2.04. The molecule has 0 saturated carbocycles. The van der Waals surface area contributed by atoms with Crippen LogP contribution in [0.15, 0.2) is 60.7 Å². The van der Waals surface area contributed by atoms with Gasteiger partial charge < -0.3 is 10.2 Å². The van der Waals surface area contributed by atoms with Crippen molar-refractivity contribution in [2.45, 2.75) is 19.6 Å². The van der Waals surface area contributed by atoms with Gasteiger partial charge in [0.1, 0.15) is 0 Å². The van der Waals surface area contributed by atoms with Gasteiger partial charge in [-0.15, -0.1) is 0 Å². The Kier molecular flexibility index (Phi) is 4.59. The summed E-state index contributed by atoms with van der Waals surface area (Å²) in [7, 11) is 0. The first-order valence-corrected chi connectivity index (χ1v) is 6.12. The number of hydrogen-bond acceptors (Lipinski definition) is 3. The highest BCUT2D eigenvalue weighted by Gasteiger charge is 2.40. The van der Waals surface area contributed by atoms with Crippen LogP contribution < -0.4 is 0 Å². The second kappa shape index (κ2) is 5.78. The number of aliphatic hydroxyl groups is 2. The van der Waals surface area contributed by atoms with Crippen molar-refractivity contribution in [3.8, 4) is 0 Å². The molecule has 0 spiro atoms. The predicted octanol–water partition coefficient (Wildman–Crippen LogP) is 2.72. The summed E-state index contributed by atoms with van der Waals surface area (Å²) in [6.07, 6.45) is 2.58. The fraction of sp³-hybridized carbons (Fsp3) is 0.188. The van der Waals surface area contributed by atoms with Gasteiger partial charge in [0.2, 0.25) is 5.79 Å². The molecule has 1 aromatic carbocycles. The standard InChI is InChI=1S/C14H12O3.C2H6/c1-3-9-11(4-2)14(16,17)12-8-6-5-7-10(12)13(9)15;1-2/h3-8,16-17H,1-2H2;1-2H3. The minimum atomic E-state index is -2.20. The molecule has 2 rings (SSSR count). The van der Waals surface area contributed by atoms with Gasteiger partial charge in [0, 0.05) is 22.3 Å². The molecule has 0 aliphatic heterocycles. The van der Waals surface area contributed by atoms with Crippen molar-refractivity contribution in [2.24, 2.45) is 0 Å². The molecule has 3 heteroatoms. The summed E-state index contributed by atoms with van der Waals surface area (Å²) in [5, 5.41) is 20.3. The summed E-state index contributed by atoms with van der Waals surface area (Å²) >= 11 is 0. The number of carbonyl (C=O) groups excluding carboxylic acids is 1. The predicted molar refractivity (Wildman–Crippen MR) is 75.7 cm³/mol. The lowest BCUT2D eigenvalue weighted by Gasteiger charge is -2.31. The Morgan fingerprint density at radius 3 is 2.21 bits per heavy atom. The van der Waals surface area contributed by atoms with Gasteiger partial charge in [-0.25, -0.2) is 0 Å². The van der Waals surface area contributed by atoms with E-state index in [0.29, 0.717) is 0 Å². The Balaban J connectivity index is 0.000000861. The molecule has 0 fully saturated rings. The summed E-state index contributed by atoms with van der Waals surface area (Å²) < 4.78 is 0. The molecular formula is C16H18O3. The van der Waals surface area contributed by atoms with Crippen molar-refractivity contribution in [3.05, 3.63) is 71.8 Å². The normalized spacial score (nSPS) is 16.1. The number of Topliss-reactive ketones (excluding diaryl/α,β-unsaturated/α-hetero) is 1. The highest BCUT2D eigenvalue weighted by molar-refractivity contribution is 6.13. The van der Waals surface area contributed by atoms with Gasteiger partial charge in [0.25, 0.3) is 0 Å². The molecule has 100 valence electrons. The Morgan fingerprint density at radius 1 is 1.11 bits per heavy atom. The van der Waals surface area contributed by atoms with E-state index in [9.17, 15) is 15.0 Å². The molecule has 1 aliphatic rings. The van der Waals surface area contributed by atoms with E-state index in [0.717, 1.165) is 0 Å². The van der Waals surface area contributed by atoms with Crippen molar-refractivity contribution in [2.75, 3.05) is 0 Å². The van der Waals surface area contributed by atoms with Gasteiger partial charge in [-0.2, -0.15) is 0 Å². The van der Waals surface area contributed by atoms with Crippen molar-refractivity contribution < 1.29 is 15.0 Å². The highest BCUT2D eigenvalue weighted by Crippen LogP contribution is 2.38. The lowest BCUT2D eigenvalue weighted by molar-refractivity contribution is -0.134. The quantitative estimate of drug-likeness (QED) is 0.802. The lowest BCUT2D eigenvalue weighted by atomic mass is 9.80. The van der Waals surface area contributed by atoms with Crippen LogP contribution in [0.5, 0.6) is 0 Å². The summed E-state index contributed by atoms with van der Waals surface area (Å²) in [4.78, 5) is 12.1. The molecular weight excluding hydrogens is 240 g/mol. The summed E-state index contributed by atoms with van der Waals surface area (Å²) in [5.41, 5.74) is 0.684. The minimum absolute atomic E-state index is 0.0659. The van der Waals surface area contributed by atoms with E-state index in [-0.39, 0.29) is 28.1 Å². The van der Waals surface area contributed by atoms with Gasteiger partial charge in [-0.1, -0.05) is 63.4 Å². The van der Waals surface area contributed by atoms with E-state index < -0.39 is 5.79 Å². The largest absolute Gasteiger partial charge is 0.358 e. The third-order valence-corrected chi connectivity index (χ3v) is 2.87. The average molecular weight is 258 g/mol. The molecule has 0 radical (unpaired) electrons. The maximum atomic E-state index is 12.1. The Labute approximate surface area is 113 Å². The molecule has 0 unspecified atom stereocenters. The Morgan fingerprint density at radius 2 is 1.68 bits per heavy atom. The number of benzene rings is 1. The van der Waals surface area contributed by atoms with Crippen LogP contribution in [0.1, 0.15) is 29.8 Å². The van der Waals surface area contributed by atoms with Gasteiger partial charge in [0.15, 0.2) is 5.78 Å². The SMILES string of the molecule is C=CC1=C(C=C)C(O)(O)c2ccccc2C1=O.CC. The highest BCUT2D eigenvalue weighted by atomic mass is 16.5. The van der Waals surface area contributed by atoms with Crippen molar-refractivity contribution in [1.29, 1.82) is 0 Å². The molecule has 2 N–H and O–H groups in total. The molecule has 1 aromatic rings. The molecule has 0 atom stereocenters. The second-order valence-corrected chi connectivity index (χ2v) is 3.78. The number of hydrogen-bond donors (Lipinski definition) is 2. The average Bonchev–Trinajstić information content (AvgIpc) is 2.44. The van der Waals surface area contributed by atoms with E-state index in [4.69, 9.17) is 0 Å². The van der Waals surface area contributed by atoms with E-state index in [1.165, 1.54) is 18.2 Å². The molecule has 0 aromatic heterocycles. The Hall–Kier alpha value is -1.97. The van der Waals surface area contributed by atoms with Gasteiger partial charge >= 0.3 is 0 Å². The zero-order chi connectivity index (χ0) is 14.6. The molecule has 0 saturated heterocycles. The van der Waals surface area contributed by atoms with E-state index in [1.807, 2.05) is 13.8 Å². The molecule has 0 amide bonds. The third kappa shape index (κ3) is 2.30. The number of rotatable bonds is 2. The minimum Gasteiger partial charge on any atom is -0.358 e. The van der Waals surface area contributed by atoms with Gasteiger partial charge in [-0.3, -0.25) is 4.79 Å².